The molecule has 0 atom stereocenters. The monoisotopic (exact) mass is 268 g/mol. The van der Waals surface area contributed by atoms with E-state index in [1.807, 2.05) is 6.07 Å². The van der Waals surface area contributed by atoms with E-state index in [4.69, 9.17) is 0 Å². The largest absolute Gasteiger partial charge is 0.375 e. The van der Waals surface area contributed by atoms with Gasteiger partial charge in [-0.1, -0.05) is 42.0 Å². The highest BCUT2D eigenvalue weighted by molar-refractivity contribution is 7.11. The van der Waals surface area contributed by atoms with Gasteiger partial charge in [0.2, 0.25) is 0 Å². The Balaban J connectivity index is 1.66. The molecule has 1 heterocycles. The van der Waals surface area contributed by atoms with Crippen molar-refractivity contribution in [3.05, 3.63) is 59.7 Å². The zero-order chi connectivity index (χ0) is 13.1. The van der Waals surface area contributed by atoms with E-state index in [0.29, 0.717) is 0 Å². The number of hydrogen-bond donors (Lipinski definition) is 1. The Morgan fingerprint density at radius 1 is 1.11 bits per heavy atom. The number of benzene rings is 2. The number of aryl methyl sites for hydroxylation is 1. The Labute approximate surface area is 117 Å². The lowest BCUT2D eigenvalue weighted by Gasteiger charge is -2.05. The fourth-order valence-electron chi connectivity index (χ4n) is 2.20. The van der Waals surface area contributed by atoms with E-state index in [0.717, 1.165) is 18.5 Å². The van der Waals surface area contributed by atoms with Crippen LogP contribution in [0.2, 0.25) is 0 Å². The van der Waals surface area contributed by atoms with Gasteiger partial charge in [0.25, 0.3) is 0 Å². The quantitative estimate of drug-likeness (QED) is 0.764. The molecule has 3 rings (SSSR count). The number of hydrogen-bond acceptors (Lipinski definition) is 3. The van der Waals surface area contributed by atoms with Gasteiger partial charge in [-0.05, 0) is 42.6 Å². The molecular weight excluding hydrogens is 252 g/mol. The number of fused-ring (bicyclic) bond motifs is 1. The lowest BCUT2D eigenvalue weighted by Crippen LogP contribution is -2.03. The van der Waals surface area contributed by atoms with Crippen LogP contribution in [0.1, 0.15) is 11.1 Å². The van der Waals surface area contributed by atoms with E-state index in [1.165, 1.54) is 21.5 Å². The second-order valence-electron chi connectivity index (χ2n) is 4.69. The molecule has 0 aliphatic carbocycles. The van der Waals surface area contributed by atoms with Crippen LogP contribution >= 0.6 is 11.5 Å². The van der Waals surface area contributed by atoms with Crippen molar-refractivity contribution in [1.82, 2.24) is 4.37 Å². The van der Waals surface area contributed by atoms with Gasteiger partial charge in [-0.3, -0.25) is 0 Å². The van der Waals surface area contributed by atoms with Crippen molar-refractivity contribution in [3.8, 4) is 0 Å². The molecule has 0 bridgehead atoms. The number of aromatic nitrogens is 1. The van der Waals surface area contributed by atoms with Crippen LogP contribution in [0.4, 0.5) is 5.00 Å². The number of rotatable bonds is 4. The van der Waals surface area contributed by atoms with Crippen molar-refractivity contribution in [2.24, 2.45) is 0 Å². The fraction of sp³-hybridized carbons (Fsp3) is 0.188. The van der Waals surface area contributed by atoms with Crippen LogP contribution < -0.4 is 5.32 Å². The van der Waals surface area contributed by atoms with Crippen LogP contribution in [0, 0.1) is 6.92 Å². The minimum Gasteiger partial charge on any atom is -0.375 e. The third-order valence-corrected chi connectivity index (χ3v) is 4.00. The van der Waals surface area contributed by atoms with Gasteiger partial charge in [0.15, 0.2) is 0 Å². The lowest BCUT2D eigenvalue weighted by atomic mass is 10.1. The molecule has 0 saturated heterocycles. The Bertz CT molecular complexity index is 688. The summed E-state index contributed by atoms with van der Waals surface area (Å²) in [6.45, 7) is 3.07. The zero-order valence-corrected chi connectivity index (χ0v) is 11.7. The molecule has 1 aromatic heterocycles. The van der Waals surface area contributed by atoms with E-state index in [-0.39, 0.29) is 0 Å². The molecule has 19 heavy (non-hydrogen) atoms. The topological polar surface area (TPSA) is 24.9 Å². The smallest absolute Gasteiger partial charge is 0.117 e. The zero-order valence-electron chi connectivity index (χ0n) is 10.9. The highest BCUT2D eigenvalue weighted by atomic mass is 32.1. The molecule has 2 nitrogen and oxygen atoms in total. The highest BCUT2D eigenvalue weighted by Gasteiger charge is 2.04. The van der Waals surface area contributed by atoms with Crippen LogP contribution in [0.25, 0.3) is 10.9 Å². The normalized spacial score (nSPS) is 10.8. The summed E-state index contributed by atoms with van der Waals surface area (Å²) in [5.41, 5.74) is 3.77. The molecule has 1 N–H and O–H groups in total. The average Bonchev–Trinajstić information content (AvgIpc) is 2.83. The van der Waals surface area contributed by atoms with Gasteiger partial charge >= 0.3 is 0 Å². The van der Waals surface area contributed by atoms with E-state index in [9.17, 15) is 0 Å². The summed E-state index contributed by atoms with van der Waals surface area (Å²) in [4.78, 5) is 0. The molecular formula is C16H16N2S. The molecule has 3 aromatic rings. The maximum Gasteiger partial charge on any atom is 0.117 e. The lowest BCUT2D eigenvalue weighted by molar-refractivity contribution is 1.02. The molecule has 96 valence electrons. The standard InChI is InChI=1S/C16H16N2S/c1-12-5-4-6-13(11-12)9-10-17-16-14-7-2-3-8-15(14)18-19-16/h2-8,11,17H,9-10H2,1H3. The molecule has 0 fully saturated rings. The van der Waals surface area contributed by atoms with Crippen LogP contribution in [0.15, 0.2) is 48.5 Å². The molecule has 2 aromatic carbocycles. The van der Waals surface area contributed by atoms with Crippen LogP contribution in [-0.4, -0.2) is 10.9 Å². The summed E-state index contributed by atoms with van der Waals surface area (Å²) in [7, 11) is 0. The third kappa shape index (κ3) is 2.76. The molecule has 0 aliphatic heterocycles. The summed E-state index contributed by atoms with van der Waals surface area (Å²) < 4.78 is 4.44. The summed E-state index contributed by atoms with van der Waals surface area (Å²) in [6, 6.07) is 16.9. The Hall–Kier alpha value is -1.87. The summed E-state index contributed by atoms with van der Waals surface area (Å²) in [5.74, 6) is 0. The molecule has 0 amide bonds. The minimum atomic E-state index is 0.940. The van der Waals surface area contributed by atoms with E-state index in [2.05, 4.69) is 59.1 Å². The summed E-state index contributed by atoms with van der Waals surface area (Å²) >= 11 is 1.54. The Kier molecular flexibility index (Phi) is 3.47. The summed E-state index contributed by atoms with van der Waals surface area (Å²) in [6.07, 6.45) is 1.04. The number of nitrogens with zero attached hydrogens (tertiary/aromatic N) is 1. The second kappa shape index (κ2) is 5.41. The van der Waals surface area contributed by atoms with Crippen LogP contribution in [0.5, 0.6) is 0 Å². The Morgan fingerprint density at radius 2 is 2.00 bits per heavy atom. The first kappa shape index (κ1) is 12.2. The minimum absolute atomic E-state index is 0.940. The van der Waals surface area contributed by atoms with Crippen LogP contribution in [0.3, 0.4) is 0 Å². The second-order valence-corrected chi connectivity index (χ2v) is 5.47. The maximum absolute atomic E-state index is 4.44. The molecule has 3 heteroatoms. The molecule has 0 spiro atoms. The van der Waals surface area contributed by atoms with Gasteiger partial charge in [0.05, 0.1) is 5.52 Å². The molecule has 0 saturated carbocycles. The Morgan fingerprint density at radius 3 is 2.89 bits per heavy atom. The van der Waals surface area contributed by atoms with Gasteiger partial charge < -0.3 is 5.32 Å². The van der Waals surface area contributed by atoms with Gasteiger partial charge in [-0.15, -0.1) is 0 Å². The van der Waals surface area contributed by atoms with Crippen molar-refractivity contribution in [2.45, 2.75) is 13.3 Å². The van der Waals surface area contributed by atoms with E-state index >= 15 is 0 Å². The van der Waals surface area contributed by atoms with Gasteiger partial charge in [0, 0.05) is 11.9 Å². The van der Waals surface area contributed by atoms with Gasteiger partial charge in [-0.2, -0.15) is 4.37 Å². The van der Waals surface area contributed by atoms with Crippen molar-refractivity contribution in [3.63, 3.8) is 0 Å². The maximum atomic E-state index is 4.44. The predicted molar refractivity (Wildman–Crippen MR) is 83.0 cm³/mol. The highest BCUT2D eigenvalue weighted by Crippen LogP contribution is 2.27. The van der Waals surface area contributed by atoms with Crippen molar-refractivity contribution >= 4 is 27.4 Å². The number of anilines is 1. The average molecular weight is 268 g/mol. The van der Waals surface area contributed by atoms with E-state index in [1.54, 1.807) is 11.5 Å². The summed E-state index contributed by atoms with van der Waals surface area (Å²) in [5, 5.41) is 5.88. The van der Waals surface area contributed by atoms with Crippen LogP contribution in [-0.2, 0) is 6.42 Å². The van der Waals surface area contributed by atoms with Gasteiger partial charge in [0.1, 0.15) is 5.00 Å². The first-order valence-corrected chi connectivity index (χ1v) is 7.24. The van der Waals surface area contributed by atoms with Crippen molar-refractivity contribution in [1.29, 1.82) is 0 Å². The first-order valence-electron chi connectivity index (χ1n) is 6.47. The number of nitrogens with one attached hydrogen (secondary N) is 1. The van der Waals surface area contributed by atoms with Crippen molar-refractivity contribution < 1.29 is 0 Å². The van der Waals surface area contributed by atoms with E-state index < -0.39 is 0 Å². The molecule has 0 radical (unpaired) electrons. The molecule has 0 unspecified atom stereocenters. The van der Waals surface area contributed by atoms with Gasteiger partial charge in [-0.25, -0.2) is 0 Å². The molecule has 0 aliphatic rings. The predicted octanol–water partition coefficient (Wildman–Crippen LogP) is 4.26. The first-order chi connectivity index (χ1) is 9.33. The third-order valence-electron chi connectivity index (χ3n) is 3.17. The fourth-order valence-corrected chi connectivity index (χ4v) is 2.99. The SMILES string of the molecule is Cc1cccc(CCNc2snc3ccccc23)c1. The van der Waals surface area contributed by atoms with Crippen molar-refractivity contribution in [2.75, 3.05) is 11.9 Å².